The first-order valence-electron chi connectivity index (χ1n) is 10.4. The third-order valence-corrected chi connectivity index (χ3v) is 7.00. The van der Waals surface area contributed by atoms with Crippen LogP contribution in [0.15, 0.2) is 48.5 Å². The van der Waals surface area contributed by atoms with Crippen molar-refractivity contribution in [1.29, 1.82) is 0 Å². The van der Waals surface area contributed by atoms with Crippen molar-refractivity contribution in [3.8, 4) is 11.5 Å². The van der Waals surface area contributed by atoms with Gasteiger partial charge in [-0.15, -0.1) is 0 Å². The van der Waals surface area contributed by atoms with Crippen LogP contribution in [0.5, 0.6) is 11.5 Å². The van der Waals surface area contributed by atoms with E-state index in [1.807, 2.05) is 36.1 Å². The summed E-state index contributed by atoms with van der Waals surface area (Å²) in [5.41, 5.74) is 1.57. The molecule has 0 aliphatic carbocycles. The quantitative estimate of drug-likeness (QED) is 0.529. The first-order valence-corrected chi connectivity index (χ1v) is 12.2. The molecule has 2 aromatic rings. The van der Waals surface area contributed by atoms with Crippen LogP contribution in [0.25, 0.3) is 0 Å². The van der Waals surface area contributed by atoms with Gasteiger partial charge in [0.1, 0.15) is 30.5 Å². The van der Waals surface area contributed by atoms with Crippen LogP contribution in [-0.4, -0.2) is 68.1 Å². The molecular weight excluding hydrogens is 418 g/mol. The Morgan fingerprint density at radius 1 is 1.10 bits per heavy atom. The molecule has 1 N–H and O–H groups in total. The lowest BCUT2D eigenvalue weighted by Crippen LogP contribution is -2.42. The lowest BCUT2D eigenvalue weighted by Gasteiger charge is -2.30. The second-order valence-corrected chi connectivity index (χ2v) is 9.94. The van der Waals surface area contributed by atoms with Crippen LogP contribution in [0, 0.1) is 0 Å². The molecule has 1 fully saturated rings. The Kier molecular flexibility index (Phi) is 8.06. The molecule has 2 unspecified atom stereocenters. The average molecular weight is 448 g/mol. The Hall–Kier alpha value is -2.42. The molecule has 0 spiro atoms. The summed E-state index contributed by atoms with van der Waals surface area (Å²) >= 11 is 0. The SMILES string of the molecule is CCOc1ccc(CN(CC(O)COc2ccc(C=O)cc2)C2CCS(=O)(=O)C2)cc1. The Labute approximate surface area is 183 Å². The van der Waals surface area contributed by atoms with Crippen molar-refractivity contribution < 1.29 is 27.8 Å². The van der Waals surface area contributed by atoms with Crippen LogP contribution >= 0.6 is 0 Å². The molecule has 3 rings (SSSR count). The fourth-order valence-corrected chi connectivity index (χ4v) is 5.42. The minimum Gasteiger partial charge on any atom is -0.494 e. The van der Waals surface area contributed by atoms with Crippen molar-refractivity contribution in [3.05, 3.63) is 59.7 Å². The topological polar surface area (TPSA) is 93.1 Å². The predicted octanol–water partition coefficient (Wildman–Crippen LogP) is 2.33. The second kappa shape index (κ2) is 10.7. The molecule has 1 aliphatic rings. The zero-order valence-electron chi connectivity index (χ0n) is 17.6. The minimum absolute atomic E-state index is 0.0691. The van der Waals surface area contributed by atoms with Gasteiger partial charge in [0.15, 0.2) is 9.84 Å². The van der Waals surface area contributed by atoms with E-state index in [2.05, 4.69) is 0 Å². The van der Waals surface area contributed by atoms with Gasteiger partial charge in [0.2, 0.25) is 0 Å². The largest absolute Gasteiger partial charge is 0.494 e. The van der Waals surface area contributed by atoms with Crippen LogP contribution in [-0.2, 0) is 16.4 Å². The number of benzene rings is 2. The standard InChI is InChI=1S/C23H29NO6S/c1-2-29-22-7-3-18(4-8-22)13-24(20-11-12-31(27,28)17-20)14-21(26)16-30-23-9-5-19(15-25)6-10-23/h3-10,15,20-21,26H,2,11-14,16-17H2,1H3. The van der Waals surface area contributed by atoms with E-state index in [4.69, 9.17) is 9.47 Å². The van der Waals surface area contributed by atoms with Crippen molar-refractivity contribution >= 4 is 16.1 Å². The number of sulfone groups is 1. The van der Waals surface area contributed by atoms with Gasteiger partial charge in [-0.25, -0.2) is 8.42 Å². The van der Waals surface area contributed by atoms with Gasteiger partial charge in [-0.3, -0.25) is 9.69 Å². The number of ether oxygens (including phenoxy) is 2. The van der Waals surface area contributed by atoms with E-state index in [1.165, 1.54) is 0 Å². The third-order valence-electron chi connectivity index (χ3n) is 5.25. The van der Waals surface area contributed by atoms with E-state index >= 15 is 0 Å². The van der Waals surface area contributed by atoms with Crippen LogP contribution in [0.1, 0.15) is 29.3 Å². The van der Waals surface area contributed by atoms with E-state index in [0.717, 1.165) is 17.6 Å². The summed E-state index contributed by atoms with van der Waals surface area (Å²) in [4.78, 5) is 12.8. The van der Waals surface area contributed by atoms with Crippen LogP contribution < -0.4 is 9.47 Å². The molecule has 2 atom stereocenters. The highest BCUT2D eigenvalue weighted by molar-refractivity contribution is 7.91. The highest BCUT2D eigenvalue weighted by Gasteiger charge is 2.33. The molecule has 0 radical (unpaired) electrons. The highest BCUT2D eigenvalue weighted by atomic mass is 32.2. The maximum Gasteiger partial charge on any atom is 0.151 e. The number of aliphatic hydroxyl groups excluding tert-OH is 1. The normalized spacial score (nSPS) is 18.6. The van der Waals surface area contributed by atoms with Crippen molar-refractivity contribution in [2.75, 3.05) is 31.3 Å². The fraction of sp³-hybridized carbons (Fsp3) is 0.435. The first-order chi connectivity index (χ1) is 14.9. The van der Waals surface area contributed by atoms with E-state index in [1.54, 1.807) is 24.3 Å². The lowest BCUT2D eigenvalue weighted by molar-refractivity contribution is 0.0524. The first kappa shape index (κ1) is 23.2. The average Bonchev–Trinajstić information content (AvgIpc) is 3.13. The van der Waals surface area contributed by atoms with Gasteiger partial charge in [-0.05, 0) is 55.3 Å². The van der Waals surface area contributed by atoms with E-state index in [0.29, 0.717) is 37.4 Å². The minimum atomic E-state index is -3.05. The number of aliphatic hydroxyl groups is 1. The molecule has 0 bridgehead atoms. The zero-order chi connectivity index (χ0) is 22.3. The van der Waals surface area contributed by atoms with Gasteiger partial charge in [0.25, 0.3) is 0 Å². The second-order valence-electron chi connectivity index (χ2n) is 7.71. The molecular formula is C23H29NO6S. The molecule has 8 heteroatoms. The molecule has 0 aromatic heterocycles. The summed E-state index contributed by atoms with van der Waals surface area (Å²) in [5.74, 6) is 1.62. The lowest BCUT2D eigenvalue weighted by atomic mass is 10.1. The molecule has 168 valence electrons. The summed E-state index contributed by atoms with van der Waals surface area (Å²) in [6.45, 7) is 3.41. The van der Waals surface area contributed by atoms with Crippen molar-refractivity contribution in [1.82, 2.24) is 4.90 Å². The van der Waals surface area contributed by atoms with E-state index in [9.17, 15) is 18.3 Å². The van der Waals surface area contributed by atoms with Crippen LogP contribution in [0.4, 0.5) is 0 Å². The summed E-state index contributed by atoms with van der Waals surface area (Å²) < 4.78 is 35.1. The van der Waals surface area contributed by atoms with Gasteiger partial charge in [0, 0.05) is 24.7 Å². The van der Waals surface area contributed by atoms with E-state index < -0.39 is 15.9 Å². The number of nitrogens with zero attached hydrogens (tertiary/aromatic N) is 1. The van der Waals surface area contributed by atoms with Crippen molar-refractivity contribution in [2.45, 2.75) is 32.0 Å². The summed E-state index contributed by atoms with van der Waals surface area (Å²) in [6, 6.07) is 14.2. The number of hydrogen-bond acceptors (Lipinski definition) is 7. The Bertz CT molecular complexity index is 943. The molecule has 7 nitrogen and oxygen atoms in total. The summed E-state index contributed by atoms with van der Waals surface area (Å²) in [5, 5.41) is 10.6. The molecule has 2 aromatic carbocycles. The third kappa shape index (κ3) is 7.05. The summed E-state index contributed by atoms with van der Waals surface area (Å²) in [7, 11) is -3.05. The number of carbonyl (C=O) groups is 1. The number of hydrogen-bond donors (Lipinski definition) is 1. The van der Waals surface area contributed by atoms with E-state index in [-0.39, 0.29) is 24.2 Å². The molecule has 1 heterocycles. The monoisotopic (exact) mass is 447 g/mol. The smallest absolute Gasteiger partial charge is 0.151 e. The molecule has 1 saturated heterocycles. The Balaban J connectivity index is 1.63. The fourth-order valence-electron chi connectivity index (χ4n) is 3.66. The van der Waals surface area contributed by atoms with Gasteiger partial charge >= 0.3 is 0 Å². The predicted molar refractivity (Wildman–Crippen MR) is 118 cm³/mol. The van der Waals surface area contributed by atoms with Gasteiger partial charge < -0.3 is 14.6 Å². The number of aldehydes is 1. The number of carbonyl (C=O) groups excluding carboxylic acids is 1. The summed E-state index contributed by atoms with van der Waals surface area (Å²) in [6.07, 6.45) is 0.518. The molecule has 31 heavy (non-hydrogen) atoms. The van der Waals surface area contributed by atoms with Gasteiger partial charge in [0.05, 0.1) is 18.1 Å². The molecule has 1 aliphatic heterocycles. The highest BCUT2D eigenvalue weighted by Crippen LogP contribution is 2.22. The van der Waals surface area contributed by atoms with Crippen molar-refractivity contribution in [2.24, 2.45) is 0 Å². The number of rotatable bonds is 11. The zero-order valence-corrected chi connectivity index (χ0v) is 18.5. The van der Waals surface area contributed by atoms with Gasteiger partial charge in [-0.2, -0.15) is 0 Å². The van der Waals surface area contributed by atoms with Crippen LogP contribution in [0.2, 0.25) is 0 Å². The Morgan fingerprint density at radius 3 is 2.32 bits per heavy atom. The van der Waals surface area contributed by atoms with Gasteiger partial charge in [-0.1, -0.05) is 12.1 Å². The van der Waals surface area contributed by atoms with Crippen LogP contribution in [0.3, 0.4) is 0 Å². The van der Waals surface area contributed by atoms with Crippen molar-refractivity contribution in [3.63, 3.8) is 0 Å². The Morgan fingerprint density at radius 2 is 1.74 bits per heavy atom. The maximum atomic E-state index is 12.0. The maximum absolute atomic E-state index is 12.0. The molecule has 0 saturated carbocycles. The molecule has 0 amide bonds.